The number of aryl methyl sites for hydroxylation is 1. The van der Waals surface area contributed by atoms with Gasteiger partial charge in [-0.1, -0.05) is 56.5 Å². The first-order valence-electron chi connectivity index (χ1n) is 11.3. The van der Waals surface area contributed by atoms with E-state index in [0.717, 1.165) is 52.4 Å². The molecule has 7 heteroatoms. The van der Waals surface area contributed by atoms with Crippen molar-refractivity contribution < 1.29 is 18.7 Å². The summed E-state index contributed by atoms with van der Waals surface area (Å²) in [5, 5.41) is 4.33. The molecule has 1 aromatic heterocycles. The van der Waals surface area contributed by atoms with Crippen LogP contribution in [0.4, 0.5) is 4.39 Å². The van der Waals surface area contributed by atoms with Crippen molar-refractivity contribution in [2.45, 2.75) is 52.0 Å². The molecule has 0 atom stereocenters. The summed E-state index contributed by atoms with van der Waals surface area (Å²) >= 11 is 0. The van der Waals surface area contributed by atoms with Crippen molar-refractivity contribution >= 4 is 19.5 Å². The van der Waals surface area contributed by atoms with E-state index in [-0.39, 0.29) is 5.82 Å². The van der Waals surface area contributed by atoms with Crippen LogP contribution < -0.4 is 5.32 Å². The summed E-state index contributed by atoms with van der Waals surface area (Å²) in [4.78, 5) is 22.1. The van der Waals surface area contributed by atoms with E-state index in [1.54, 1.807) is 12.3 Å². The van der Waals surface area contributed by atoms with Gasteiger partial charge in [0.2, 0.25) is 0 Å². The first-order chi connectivity index (χ1) is 15.6. The van der Waals surface area contributed by atoms with E-state index in [4.69, 9.17) is 14.3 Å². The number of rotatable bonds is 13. The van der Waals surface area contributed by atoms with E-state index in [1.807, 2.05) is 36.4 Å². The van der Waals surface area contributed by atoms with Crippen LogP contribution in [0, 0.1) is 5.82 Å². The molecule has 32 heavy (non-hydrogen) atoms. The van der Waals surface area contributed by atoms with Crippen LogP contribution >= 0.6 is 8.60 Å². The average molecular weight is 459 g/mol. The lowest BCUT2D eigenvalue weighted by molar-refractivity contribution is 0.250. The second-order valence-electron chi connectivity index (χ2n) is 7.90. The zero-order chi connectivity index (χ0) is 22.8. The number of pyridine rings is 1. The van der Waals surface area contributed by atoms with Crippen molar-refractivity contribution in [2.24, 2.45) is 0 Å². The zero-order valence-electron chi connectivity index (χ0n) is 18.6. The lowest BCUT2D eigenvalue weighted by Crippen LogP contribution is -2.16. The number of hydrogen-bond acceptors (Lipinski definition) is 5. The summed E-state index contributed by atoms with van der Waals surface area (Å²) < 4.78 is 19.5. The van der Waals surface area contributed by atoms with Gasteiger partial charge in [-0.25, -0.2) is 4.39 Å². The van der Waals surface area contributed by atoms with Gasteiger partial charge in [0.15, 0.2) is 0 Å². The Bertz CT molecular complexity index is 1000. The molecule has 0 bridgehead atoms. The molecule has 3 aromatic rings. The Hall–Kier alpha value is -1.95. The van der Waals surface area contributed by atoms with Crippen LogP contribution in [0.5, 0.6) is 0 Å². The number of halogens is 1. The van der Waals surface area contributed by atoms with Gasteiger partial charge in [-0.3, -0.25) is 4.98 Å². The second kappa shape index (κ2) is 12.9. The van der Waals surface area contributed by atoms with Crippen molar-refractivity contribution in [3.63, 3.8) is 0 Å². The summed E-state index contributed by atoms with van der Waals surface area (Å²) in [5.41, 5.74) is 4.57. The number of hydrogen-bond donors (Lipinski definition) is 3. The topological polar surface area (TPSA) is 74.6 Å². The molecule has 0 saturated carbocycles. The van der Waals surface area contributed by atoms with E-state index in [2.05, 4.69) is 17.2 Å². The van der Waals surface area contributed by atoms with Crippen LogP contribution in [0.1, 0.15) is 50.2 Å². The Labute approximate surface area is 190 Å². The van der Waals surface area contributed by atoms with Gasteiger partial charge in [0.05, 0.1) is 12.1 Å². The third kappa shape index (κ3) is 7.03. The zero-order valence-corrected chi connectivity index (χ0v) is 19.5. The summed E-state index contributed by atoms with van der Waals surface area (Å²) in [6.45, 7) is 3.79. The Morgan fingerprint density at radius 1 is 1.03 bits per heavy atom. The number of aromatic nitrogens is 1. The minimum Gasteiger partial charge on any atom is -0.328 e. The number of fused-ring (bicyclic) bond motifs is 1. The van der Waals surface area contributed by atoms with E-state index in [0.29, 0.717) is 26.1 Å². The Balaban J connectivity index is 1.72. The predicted octanol–water partition coefficient (Wildman–Crippen LogP) is 5.87. The molecule has 3 N–H and O–H groups in total. The van der Waals surface area contributed by atoms with Gasteiger partial charge in [0.1, 0.15) is 5.82 Å². The van der Waals surface area contributed by atoms with E-state index < -0.39 is 8.60 Å². The summed E-state index contributed by atoms with van der Waals surface area (Å²) in [5.74, 6) is -0.140. The van der Waals surface area contributed by atoms with Crippen LogP contribution in [0.2, 0.25) is 0 Å². The van der Waals surface area contributed by atoms with Crippen molar-refractivity contribution in [3.05, 3.63) is 65.6 Å². The molecule has 0 fully saturated rings. The van der Waals surface area contributed by atoms with Crippen molar-refractivity contribution in [3.8, 4) is 11.1 Å². The van der Waals surface area contributed by atoms with E-state index in [1.165, 1.54) is 12.8 Å². The number of benzene rings is 2. The van der Waals surface area contributed by atoms with E-state index >= 15 is 0 Å². The molecule has 3 rings (SSSR count). The molecular weight excluding hydrogens is 426 g/mol. The van der Waals surface area contributed by atoms with Crippen LogP contribution in [-0.2, 0) is 17.5 Å². The smallest absolute Gasteiger partial charge is 0.327 e. The Kier molecular flexibility index (Phi) is 9.97. The highest BCUT2D eigenvalue weighted by Crippen LogP contribution is 2.31. The average Bonchev–Trinajstić information content (AvgIpc) is 2.79. The molecular formula is C25H32FN2O3P. The Morgan fingerprint density at radius 2 is 1.88 bits per heavy atom. The molecule has 0 aliphatic carbocycles. The molecule has 0 amide bonds. The monoisotopic (exact) mass is 458 g/mol. The van der Waals surface area contributed by atoms with Gasteiger partial charge in [0.25, 0.3) is 0 Å². The molecule has 2 aromatic carbocycles. The second-order valence-corrected chi connectivity index (χ2v) is 8.67. The molecule has 0 radical (unpaired) electrons. The maximum absolute atomic E-state index is 14.8. The number of nitrogens with zero attached hydrogens (tertiary/aromatic N) is 1. The van der Waals surface area contributed by atoms with Crippen molar-refractivity contribution in [1.82, 2.24) is 10.3 Å². The third-order valence-electron chi connectivity index (χ3n) is 5.54. The van der Waals surface area contributed by atoms with Crippen LogP contribution in [0.3, 0.4) is 0 Å². The lowest BCUT2D eigenvalue weighted by Gasteiger charge is -2.13. The van der Waals surface area contributed by atoms with E-state index in [9.17, 15) is 4.39 Å². The first kappa shape index (κ1) is 24.7. The maximum Gasteiger partial charge on any atom is 0.327 e. The highest BCUT2D eigenvalue weighted by Gasteiger charge is 2.11. The van der Waals surface area contributed by atoms with Gasteiger partial charge in [-0.05, 0) is 60.2 Å². The van der Waals surface area contributed by atoms with Gasteiger partial charge >= 0.3 is 8.60 Å². The molecule has 172 valence electrons. The minimum atomic E-state index is -2.29. The number of unbranched alkanes of at least 4 members (excludes halogenated alkanes) is 3. The van der Waals surface area contributed by atoms with Crippen molar-refractivity contribution in [1.29, 1.82) is 0 Å². The predicted molar refractivity (Wildman–Crippen MR) is 129 cm³/mol. The van der Waals surface area contributed by atoms with Crippen LogP contribution in [-0.4, -0.2) is 27.9 Å². The minimum absolute atomic E-state index is 0.140. The largest absolute Gasteiger partial charge is 0.328 e. The third-order valence-corrected chi connectivity index (χ3v) is 5.95. The summed E-state index contributed by atoms with van der Waals surface area (Å²) in [7, 11) is -2.29. The van der Waals surface area contributed by atoms with Crippen molar-refractivity contribution in [2.75, 3.05) is 13.2 Å². The SMILES string of the molecule is CCCCCCc1ccc(-c2ccc(CNCCCOP(O)O)c3ncccc23)cc1F. The fourth-order valence-corrected chi connectivity index (χ4v) is 4.14. The molecule has 0 aliphatic rings. The fraction of sp³-hybridized carbons (Fsp3) is 0.400. The van der Waals surface area contributed by atoms with Gasteiger partial charge in [0, 0.05) is 18.1 Å². The molecule has 1 heterocycles. The fourth-order valence-electron chi connectivity index (χ4n) is 3.85. The normalized spacial score (nSPS) is 11.5. The maximum atomic E-state index is 14.8. The van der Waals surface area contributed by atoms with Crippen LogP contribution in [0.25, 0.3) is 22.0 Å². The highest BCUT2D eigenvalue weighted by atomic mass is 31.2. The Morgan fingerprint density at radius 3 is 2.66 bits per heavy atom. The van der Waals surface area contributed by atoms with Gasteiger partial charge < -0.3 is 19.6 Å². The molecule has 5 nitrogen and oxygen atoms in total. The molecule has 0 spiro atoms. The standard InChI is InChI=1S/C25H32FN2O3P/c1-2-3-4-5-8-19-10-11-20(17-24(19)26)22-13-12-21(25-23(22)9-6-15-28-25)18-27-14-7-16-31-32(29)30/h6,9-13,15,17,27,29-30H,2-5,7-8,14,16,18H2,1H3. The molecule has 0 aliphatic heterocycles. The van der Waals surface area contributed by atoms with Crippen LogP contribution in [0.15, 0.2) is 48.7 Å². The number of nitrogens with one attached hydrogen (secondary N) is 1. The molecule has 0 saturated heterocycles. The van der Waals surface area contributed by atoms with Gasteiger partial charge in [-0.15, -0.1) is 0 Å². The summed E-state index contributed by atoms with van der Waals surface area (Å²) in [6, 6.07) is 13.6. The quantitative estimate of drug-likeness (QED) is 0.221. The van der Waals surface area contributed by atoms with Gasteiger partial charge in [-0.2, -0.15) is 0 Å². The first-order valence-corrected chi connectivity index (χ1v) is 12.4. The molecule has 0 unspecified atom stereocenters. The highest BCUT2D eigenvalue weighted by molar-refractivity contribution is 7.39. The lowest BCUT2D eigenvalue weighted by atomic mass is 9.96. The summed E-state index contributed by atoms with van der Waals surface area (Å²) in [6.07, 6.45) is 7.76.